The molecule has 1 heterocycles. The van der Waals surface area contributed by atoms with Crippen LogP contribution in [0.4, 0.5) is 10.5 Å². The number of imide groups is 1. The number of nitro benzene ring substituents is 1. The Bertz CT molecular complexity index is 896. The minimum atomic E-state index is -0.500. The van der Waals surface area contributed by atoms with Crippen molar-refractivity contribution in [1.29, 1.82) is 0 Å². The Balaban J connectivity index is 1.82. The summed E-state index contributed by atoms with van der Waals surface area (Å²) >= 11 is 3.02. The number of non-ortho nitro benzene ring substituents is 1. The number of rotatable bonds is 4. The van der Waals surface area contributed by atoms with Gasteiger partial charge < -0.3 is 0 Å². The number of thioether (sulfide) groups is 1. The average Bonchev–Trinajstić information content (AvgIpc) is 2.84. The van der Waals surface area contributed by atoms with Gasteiger partial charge in [0.1, 0.15) is 0 Å². The monoisotopic (exact) mass is 466 g/mol. The highest BCUT2D eigenvalue weighted by Crippen LogP contribution is 2.33. The second-order valence-corrected chi connectivity index (χ2v) is 7.49. The fraction of sp³-hybridized carbons (Fsp3) is 0.0588. The van der Waals surface area contributed by atoms with Gasteiger partial charge in [0, 0.05) is 15.7 Å². The zero-order valence-electron chi connectivity index (χ0n) is 12.7. The number of benzene rings is 2. The van der Waals surface area contributed by atoms with Crippen molar-refractivity contribution in [1.82, 2.24) is 4.90 Å². The van der Waals surface area contributed by atoms with E-state index in [-0.39, 0.29) is 28.3 Å². The molecule has 8 heteroatoms. The first-order valence-corrected chi connectivity index (χ1v) is 9.08. The maximum Gasteiger partial charge on any atom is 0.293 e. The Morgan fingerprint density at radius 2 is 1.88 bits per heavy atom. The van der Waals surface area contributed by atoms with Crippen LogP contribution in [0.2, 0.25) is 0 Å². The van der Waals surface area contributed by atoms with Crippen LogP contribution in [0.1, 0.15) is 11.1 Å². The van der Waals surface area contributed by atoms with Gasteiger partial charge in [0.15, 0.2) is 0 Å². The van der Waals surface area contributed by atoms with E-state index in [0.29, 0.717) is 5.56 Å². The number of nitro groups is 1. The summed E-state index contributed by atoms with van der Waals surface area (Å²) in [6.07, 6.45) is 1.51. The molecule has 126 valence electrons. The number of amides is 2. The quantitative estimate of drug-likeness (QED) is 0.288. The van der Waals surface area contributed by atoms with Gasteiger partial charge in [0.05, 0.1) is 16.4 Å². The molecule has 0 bridgehead atoms. The first kappa shape index (κ1) is 17.6. The third-order valence-corrected chi connectivity index (χ3v) is 5.13. The van der Waals surface area contributed by atoms with Crippen LogP contribution in [0.3, 0.4) is 0 Å². The molecule has 2 aromatic rings. The van der Waals surface area contributed by atoms with Gasteiger partial charge in [-0.15, -0.1) is 0 Å². The predicted molar refractivity (Wildman–Crippen MR) is 104 cm³/mol. The summed E-state index contributed by atoms with van der Waals surface area (Å²) < 4.78 is 1.07. The first-order chi connectivity index (χ1) is 11.9. The summed E-state index contributed by atoms with van der Waals surface area (Å²) in [5, 5.41) is 10.5. The zero-order chi connectivity index (χ0) is 18.0. The zero-order valence-corrected chi connectivity index (χ0v) is 15.7. The fourth-order valence-corrected chi connectivity index (χ4v) is 3.49. The lowest BCUT2D eigenvalue weighted by molar-refractivity contribution is -0.384. The SMILES string of the molecule is O=C1S/C(=C/c2cccc([N+](=O)[O-])c2)C(=O)N1Cc1ccc(I)cc1. The Kier molecular flexibility index (Phi) is 5.19. The minimum absolute atomic E-state index is 0.0631. The topological polar surface area (TPSA) is 80.5 Å². The van der Waals surface area contributed by atoms with Crippen molar-refractivity contribution in [3.05, 3.63) is 78.2 Å². The van der Waals surface area contributed by atoms with Crippen LogP contribution in [-0.2, 0) is 11.3 Å². The maximum absolute atomic E-state index is 12.5. The molecule has 0 atom stereocenters. The molecule has 0 spiro atoms. The lowest BCUT2D eigenvalue weighted by Gasteiger charge is -2.12. The summed E-state index contributed by atoms with van der Waals surface area (Å²) in [5.74, 6) is -0.389. The van der Waals surface area contributed by atoms with E-state index in [1.54, 1.807) is 12.1 Å². The number of nitrogens with zero attached hydrogens (tertiary/aromatic N) is 2. The van der Waals surface area contributed by atoms with E-state index < -0.39 is 4.92 Å². The summed E-state index contributed by atoms with van der Waals surface area (Å²) in [5.41, 5.74) is 1.31. The van der Waals surface area contributed by atoms with E-state index in [1.165, 1.54) is 23.1 Å². The van der Waals surface area contributed by atoms with Crippen LogP contribution in [-0.4, -0.2) is 21.0 Å². The van der Waals surface area contributed by atoms with Crippen LogP contribution >= 0.6 is 34.4 Å². The summed E-state index contributed by atoms with van der Waals surface area (Å²) in [7, 11) is 0. The summed E-state index contributed by atoms with van der Waals surface area (Å²) in [6.45, 7) is 0.202. The van der Waals surface area contributed by atoms with E-state index in [9.17, 15) is 19.7 Å². The molecule has 0 N–H and O–H groups in total. The molecule has 1 saturated heterocycles. The first-order valence-electron chi connectivity index (χ1n) is 7.18. The van der Waals surface area contributed by atoms with Crippen molar-refractivity contribution < 1.29 is 14.5 Å². The van der Waals surface area contributed by atoms with Gasteiger partial charge in [-0.1, -0.05) is 24.3 Å². The molecular weight excluding hydrogens is 455 g/mol. The fourth-order valence-electron chi connectivity index (χ4n) is 2.29. The average molecular weight is 466 g/mol. The second kappa shape index (κ2) is 7.36. The lowest BCUT2D eigenvalue weighted by Crippen LogP contribution is -2.27. The standard InChI is InChI=1S/C17H11IN2O4S/c18-13-6-4-11(5-7-13)10-19-16(21)15(25-17(19)22)9-12-2-1-3-14(8-12)20(23)24/h1-9H,10H2/b15-9+. The van der Waals surface area contributed by atoms with E-state index in [0.717, 1.165) is 20.9 Å². The van der Waals surface area contributed by atoms with Crippen LogP contribution in [0.5, 0.6) is 0 Å². The molecule has 6 nitrogen and oxygen atoms in total. The van der Waals surface area contributed by atoms with Crippen molar-refractivity contribution in [3.63, 3.8) is 0 Å². The van der Waals surface area contributed by atoms with Gasteiger partial charge in [0.25, 0.3) is 16.8 Å². The lowest BCUT2D eigenvalue weighted by atomic mass is 10.2. The summed E-state index contributed by atoms with van der Waals surface area (Å²) in [6, 6.07) is 13.5. The molecule has 0 saturated carbocycles. The Labute approximate surface area is 161 Å². The van der Waals surface area contributed by atoms with E-state index >= 15 is 0 Å². The third-order valence-electron chi connectivity index (χ3n) is 3.51. The minimum Gasteiger partial charge on any atom is -0.268 e. The summed E-state index contributed by atoms with van der Waals surface area (Å²) in [4.78, 5) is 36.4. The van der Waals surface area contributed by atoms with Crippen LogP contribution < -0.4 is 0 Å². The number of carbonyl (C=O) groups is 2. The highest BCUT2D eigenvalue weighted by atomic mass is 127. The van der Waals surface area contributed by atoms with E-state index in [4.69, 9.17) is 0 Å². The van der Waals surface area contributed by atoms with Crippen molar-refractivity contribution in [2.75, 3.05) is 0 Å². The molecule has 3 rings (SSSR count). The maximum atomic E-state index is 12.5. The molecule has 1 fully saturated rings. The highest BCUT2D eigenvalue weighted by molar-refractivity contribution is 14.1. The highest BCUT2D eigenvalue weighted by Gasteiger charge is 2.35. The molecule has 0 radical (unpaired) electrons. The van der Waals surface area contributed by atoms with Crippen molar-refractivity contribution in [2.24, 2.45) is 0 Å². The molecule has 0 unspecified atom stereocenters. The van der Waals surface area contributed by atoms with Crippen molar-refractivity contribution in [2.45, 2.75) is 6.54 Å². The Hall–Kier alpha value is -2.20. The van der Waals surface area contributed by atoms with Crippen LogP contribution in [0.15, 0.2) is 53.4 Å². The number of hydrogen-bond donors (Lipinski definition) is 0. The number of halogens is 1. The molecule has 25 heavy (non-hydrogen) atoms. The van der Waals surface area contributed by atoms with E-state index in [1.807, 2.05) is 24.3 Å². The second-order valence-electron chi connectivity index (χ2n) is 5.25. The Morgan fingerprint density at radius 1 is 1.16 bits per heavy atom. The molecule has 0 aliphatic carbocycles. The third kappa shape index (κ3) is 4.07. The molecule has 0 aromatic heterocycles. The van der Waals surface area contributed by atoms with E-state index in [2.05, 4.69) is 22.6 Å². The predicted octanol–water partition coefficient (Wildman–Crippen LogP) is 4.44. The van der Waals surface area contributed by atoms with Crippen LogP contribution in [0.25, 0.3) is 6.08 Å². The van der Waals surface area contributed by atoms with Gasteiger partial charge in [0.2, 0.25) is 0 Å². The van der Waals surface area contributed by atoms with Gasteiger partial charge in [-0.3, -0.25) is 24.6 Å². The van der Waals surface area contributed by atoms with Gasteiger partial charge in [-0.05, 0) is 63.7 Å². The van der Waals surface area contributed by atoms with Crippen LogP contribution in [0, 0.1) is 13.7 Å². The molecule has 1 aliphatic heterocycles. The normalized spacial score (nSPS) is 15.9. The molecular formula is C17H11IN2O4S. The van der Waals surface area contributed by atoms with Crippen molar-refractivity contribution >= 4 is 57.3 Å². The van der Waals surface area contributed by atoms with Crippen molar-refractivity contribution in [3.8, 4) is 0 Å². The van der Waals surface area contributed by atoms with Gasteiger partial charge >= 0.3 is 0 Å². The Morgan fingerprint density at radius 3 is 2.56 bits per heavy atom. The number of hydrogen-bond acceptors (Lipinski definition) is 5. The number of carbonyl (C=O) groups excluding carboxylic acids is 2. The van der Waals surface area contributed by atoms with Gasteiger partial charge in [-0.2, -0.15) is 0 Å². The molecule has 2 aromatic carbocycles. The molecule has 1 aliphatic rings. The smallest absolute Gasteiger partial charge is 0.268 e. The largest absolute Gasteiger partial charge is 0.293 e. The molecule has 2 amide bonds. The van der Waals surface area contributed by atoms with Gasteiger partial charge in [-0.25, -0.2) is 0 Å².